The van der Waals surface area contributed by atoms with Crippen LogP contribution in [0.3, 0.4) is 0 Å². The summed E-state index contributed by atoms with van der Waals surface area (Å²) in [4.78, 5) is 0. The predicted octanol–water partition coefficient (Wildman–Crippen LogP) is 4.80. The summed E-state index contributed by atoms with van der Waals surface area (Å²) in [5, 5.41) is 4.31. The SMILES string of the molecule is CCOc1cc(/C=N/NCc2ccccc2OC)ccc1OCc1ccccc1. The first-order valence-electron chi connectivity index (χ1n) is 9.61. The Morgan fingerprint density at radius 1 is 0.862 bits per heavy atom. The summed E-state index contributed by atoms with van der Waals surface area (Å²) in [5.41, 5.74) is 6.14. The summed E-state index contributed by atoms with van der Waals surface area (Å²) in [7, 11) is 1.67. The molecule has 3 aromatic carbocycles. The molecule has 0 atom stereocenters. The van der Waals surface area contributed by atoms with E-state index in [4.69, 9.17) is 14.2 Å². The lowest BCUT2D eigenvalue weighted by Gasteiger charge is -2.12. The number of para-hydroxylation sites is 1. The van der Waals surface area contributed by atoms with E-state index in [9.17, 15) is 0 Å². The molecule has 0 saturated heterocycles. The highest BCUT2D eigenvalue weighted by Gasteiger charge is 2.06. The lowest BCUT2D eigenvalue weighted by molar-refractivity contribution is 0.269. The van der Waals surface area contributed by atoms with Crippen molar-refractivity contribution in [1.29, 1.82) is 0 Å². The molecule has 0 bridgehead atoms. The summed E-state index contributed by atoms with van der Waals surface area (Å²) in [6, 6.07) is 23.7. The smallest absolute Gasteiger partial charge is 0.161 e. The van der Waals surface area contributed by atoms with Gasteiger partial charge in [0.25, 0.3) is 0 Å². The maximum atomic E-state index is 5.94. The molecule has 29 heavy (non-hydrogen) atoms. The van der Waals surface area contributed by atoms with Crippen molar-refractivity contribution in [2.45, 2.75) is 20.1 Å². The van der Waals surface area contributed by atoms with E-state index < -0.39 is 0 Å². The molecule has 150 valence electrons. The Morgan fingerprint density at radius 2 is 1.66 bits per heavy atom. The molecule has 5 heteroatoms. The predicted molar refractivity (Wildman–Crippen MR) is 116 cm³/mol. The minimum atomic E-state index is 0.495. The average molecular weight is 390 g/mol. The fraction of sp³-hybridized carbons (Fsp3) is 0.208. The molecule has 0 fully saturated rings. The molecule has 3 rings (SSSR count). The minimum Gasteiger partial charge on any atom is -0.496 e. The van der Waals surface area contributed by atoms with Crippen molar-refractivity contribution >= 4 is 6.21 Å². The lowest BCUT2D eigenvalue weighted by Crippen LogP contribution is -2.07. The van der Waals surface area contributed by atoms with Crippen molar-refractivity contribution in [3.63, 3.8) is 0 Å². The minimum absolute atomic E-state index is 0.495. The van der Waals surface area contributed by atoms with Crippen molar-refractivity contribution in [1.82, 2.24) is 5.43 Å². The van der Waals surface area contributed by atoms with Crippen LogP contribution in [0.2, 0.25) is 0 Å². The van der Waals surface area contributed by atoms with Gasteiger partial charge in [0.05, 0.1) is 26.5 Å². The number of rotatable bonds is 10. The van der Waals surface area contributed by atoms with Crippen LogP contribution >= 0.6 is 0 Å². The summed E-state index contributed by atoms with van der Waals surface area (Å²) in [6.45, 7) is 3.59. The Bertz CT molecular complexity index is 926. The Labute approximate surface area is 171 Å². The molecule has 0 aliphatic carbocycles. The van der Waals surface area contributed by atoms with E-state index in [1.54, 1.807) is 13.3 Å². The van der Waals surface area contributed by atoms with Crippen LogP contribution in [0.15, 0.2) is 77.9 Å². The first-order chi connectivity index (χ1) is 14.3. The van der Waals surface area contributed by atoms with E-state index in [0.717, 1.165) is 28.2 Å². The molecule has 0 aromatic heterocycles. The van der Waals surface area contributed by atoms with Gasteiger partial charge >= 0.3 is 0 Å². The largest absolute Gasteiger partial charge is 0.496 e. The maximum absolute atomic E-state index is 5.94. The van der Waals surface area contributed by atoms with Crippen LogP contribution in [0.25, 0.3) is 0 Å². The molecule has 0 aliphatic rings. The number of ether oxygens (including phenoxy) is 3. The fourth-order valence-corrected chi connectivity index (χ4v) is 2.83. The maximum Gasteiger partial charge on any atom is 0.161 e. The second kappa shape index (κ2) is 10.8. The Kier molecular flexibility index (Phi) is 7.52. The highest BCUT2D eigenvalue weighted by atomic mass is 16.5. The molecule has 1 N–H and O–H groups in total. The number of benzene rings is 3. The monoisotopic (exact) mass is 390 g/mol. The summed E-state index contributed by atoms with van der Waals surface area (Å²) in [6.07, 6.45) is 1.76. The van der Waals surface area contributed by atoms with Crippen LogP contribution < -0.4 is 19.6 Å². The zero-order valence-electron chi connectivity index (χ0n) is 16.8. The number of methoxy groups -OCH3 is 1. The van der Waals surface area contributed by atoms with Crippen molar-refractivity contribution in [3.05, 3.63) is 89.5 Å². The fourth-order valence-electron chi connectivity index (χ4n) is 2.83. The van der Waals surface area contributed by atoms with E-state index in [-0.39, 0.29) is 0 Å². The van der Waals surface area contributed by atoms with Crippen LogP contribution in [0.1, 0.15) is 23.6 Å². The standard InChI is InChI=1S/C24H26N2O3/c1-3-28-24-15-20(13-14-23(24)29-18-19-9-5-4-6-10-19)16-25-26-17-21-11-7-8-12-22(21)27-2/h4-16,26H,3,17-18H2,1-2H3/b25-16+. The molecular weight excluding hydrogens is 364 g/mol. The first-order valence-corrected chi connectivity index (χ1v) is 9.61. The Hall–Kier alpha value is -3.47. The normalized spacial score (nSPS) is 10.7. The van der Waals surface area contributed by atoms with Crippen LogP contribution in [-0.2, 0) is 13.2 Å². The number of hydrogen-bond acceptors (Lipinski definition) is 5. The van der Waals surface area contributed by atoms with Gasteiger partial charge < -0.3 is 19.6 Å². The molecule has 3 aromatic rings. The third-order valence-corrected chi connectivity index (χ3v) is 4.27. The first kappa shape index (κ1) is 20.3. The van der Waals surface area contributed by atoms with Gasteiger partial charge in [-0.05, 0) is 42.3 Å². The Balaban J connectivity index is 1.62. The number of nitrogens with one attached hydrogen (secondary N) is 1. The zero-order chi connectivity index (χ0) is 20.3. The molecule has 0 heterocycles. The van der Waals surface area contributed by atoms with Gasteiger partial charge in [0.15, 0.2) is 11.5 Å². The van der Waals surface area contributed by atoms with Crippen LogP contribution in [0.5, 0.6) is 17.2 Å². The van der Waals surface area contributed by atoms with Crippen molar-refractivity contribution < 1.29 is 14.2 Å². The molecule has 0 saturated carbocycles. The quantitative estimate of drug-likeness (QED) is 0.399. The van der Waals surface area contributed by atoms with Gasteiger partial charge in [0.2, 0.25) is 0 Å². The van der Waals surface area contributed by atoms with Crippen LogP contribution in [0, 0.1) is 0 Å². The van der Waals surface area contributed by atoms with Crippen molar-refractivity contribution in [2.75, 3.05) is 13.7 Å². The van der Waals surface area contributed by atoms with Gasteiger partial charge in [-0.3, -0.25) is 0 Å². The molecule has 0 spiro atoms. The van der Waals surface area contributed by atoms with Gasteiger partial charge in [-0.15, -0.1) is 0 Å². The topological polar surface area (TPSA) is 52.1 Å². The third kappa shape index (κ3) is 6.01. The highest BCUT2D eigenvalue weighted by molar-refractivity contribution is 5.80. The van der Waals surface area contributed by atoms with Gasteiger partial charge in [-0.2, -0.15) is 5.10 Å². The van der Waals surface area contributed by atoms with Crippen molar-refractivity contribution in [2.24, 2.45) is 5.10 Å². The van der Waals surface area contributed by atoms with Gasteiger partial charge in [-0.1, -0.05) is 48.5 Å². The molecule has 5 nitrogen and oxygen atoms in total. The zero-order valence-corrected chi connectivity index (χ0v) is 16.8. The van der Waals surface area contributed by atoms with E-state index in [1.807, 2.05) is 79.7 Å². The molecule has 0 unspecified atom stereocenters. The summed E-state index contributed by atoms with van der Waals surface area (Å²) < 4.78 is 17.0. The molecule has 0 radical (unpaired) electrons. The highest BCUT2D eigenvalue weighted by Crippen LogP contribution is 2.29. The van der Waals surface area contributed by atoms with Gasteiger partial charge in [0.1, 0.15) is 12.4 Å². The van der Waals surface area contributed by atoms with Gasteiger partial charge in [0, 0.05) is 5.56 Å². The molecular formula is C24H26N2O3. The molecule has 0 aliphatic heterocycles. The number of hydrazone groups is 1. The van der Waals surface area contributed by atoms with E-state index in [1.165, 1.54) is 0 Å². The third-order valence-electron chi connectivity index (χ3n) is 4.27. The molecule has 0 amide bonds. The summed E-state index contributed by atoms with van der Waals surface area (Å²) >= 11 is 0. The van der Waals surface area contributed by atoms with Crippen LogP contribution in [0.4, 0.5) is 0 Å². The van der Waals surface area contributed by atoms with Gasteiger partial charge in [-0.25, -0.2) is 0 Å². The van der Waals surface area contributed by atoms with E-state index in [2.05, 4.69) is 10.5 Å². The van der Waals surface area contributed by atoms with Crippen LogP contribution in [-0.4, -0.2) is 19.9 Å². The summed E-state index contributed by atoms with van der Waals surface area (Å²) in [5.74, 6) is 2.26. The second-order valence-electron chi connectivity index (χ2n) is 6.32. The second-order valence-corrected chi connectivity index (χ2v) is 6.32. The van der Waals surface area contributed by atoms with Crippen molar-refractivity contribution in [3.8, 4) is 17.2 Å². The van der Waals surface area contributed by atoms with E-state index in [0.29, 0.717) is 25.5 Å². The lowest BCUT2D eigenvalue weighted by atomic mass is 10.2. The average Bonchev–Trinajstić information content (AvgIpc) is 2.77. The Morgan fingerprint density at radius 3 is 2.45 bits per heavy atom. The number of hydrogen-bond donors (Lipinski definition) is 1. The van der Waals surface area contributed by atoms with E-state index >= 15 is 0 Å². The number of nitrogens with zero attached hydrogens (tertiary/aromatic N) is 1.